The molecule has 0 amide bonds. The van der Waals surface area contributed by atoms with Crippen molar-refractivity contribution in [2.75, 3.05) is 33.0 Å². The second-order valence-electron chi connectivity index (χ2n) is 8.37. The van der Waals surface area contributed by atoms with E-state index in [-0.39, 0.29) is 6.04 Å². The van der Waals surface area contributed by atoms with Gasteiger partial charge in [0.05, 0.1) is 18.3 Å². The fourth-order valence-corrected chi connectivity index (χ4v) is 4.36. The lowest BCUT2D eigenvalue weighted by Gasteiger charge is -2.41. The summed E-state index contributed by atoms with van der Waals surface area (Å²) >= 11 is 0. The first-order valence-electron chi connectivity index (χ1n) is 10.2. The van der Waals surface area contributed by atoms with E-state index < -0.39 is 0 Å². The molecule has 6 nitrogen and oxygen atoms in total. The second-order valence-corrected chi connectivity index (χ2v) is 8.37. The average Bonchev–Trinajstić information content (AvgIpc) is 3.56. The van der Waals surface area contributed by atoms with Crippen LogP contribution in [0.1, 0.15) is 56.0 Å². The highest BCUT2D eigenvalue weighted by Crippen LogP contribution is 2.36. The third-order valence-corrected chi connectivity index (χ3v) is 6.30. The van der Waals surface area contributed by atoms with E-state index in [2.05, 4.69) is 19.9 Å². The Morgan fingerprint density at radius 3 is 2.56 bits per heavy atom. The van der Waals surface area contributed by atoms with Crippen LogP contribution in [0.4, 0.5) is 0 Å². The second kappa shape index (κ2) is 6.97. The zero-order valence-electron chi connectivity index (χ0n) is 15.1. The summed E-state index contributed by atoms with van der Waals surface area (Å²) in [6, 6.07) is 0.878. The lowest BCUT2D eigenvalue weighted by molar-refractivity contribution is -0.0170. The molecule has 2 aliphatic carbocycles. The van der Waals surface area contributed by atoms with Gasteiger partial charge in [-0.15, -0.1) is 5.10 Å². The molecule has 0 spiro atoms. The molecule has 1 aromatic rings. The van der Waals surface area contributed by atoms with Crippen LogP contribution < -0.4 is 0 Å². The van der Waals surface area contributed by atoms with Gasteiger partial charge in [0.2, 0.25) is 0 Å². The summed E-state index contributed by atoms with van der Waals surface area (Å²) in [4.78, 5) is 2.65. The van der Waals surface area contributed by atoms with E-state index in [0.717, 1.165) is 70.6 Å². The number of aromatic nitrogens is 3. The molecule has 25 heavy (non-hydrogen) atoms. The molecule has 0 N–H and O–H groups in total. The summed E-state index contributed by atoms with van der Waals surface area (Å²) in [5, 5.41) is 9.16. The average molecular weight is 346 g/mol. The van der Waals surface area contributed by atoms with Crippen molar-refractivity contribution in [1.29, 1.82) is 0 Å². The van der Waals surface area contributed by atoms with Gasteiger partial charge in [-0.1, -0.05) is 5.21 Å². The van der Waals surface area contributed by atoms with Gasteiger partial charge < -0.3 is 9.47 Å². The Kier molecular flexibility index (Phi) is 4.52. The zero-order valence-corrected chi connectivity index (χ0v) is 15.1. The zero-order chi connectivity index (χ0) is 16.6. The van der Waals surface area contributed by atoms with Crippen LogP contribution in [-0.4, -0.2) is 58.9 Å². The van der Waals surface area contributed by atoms with Crippen LogP contribution >= 0.6 is 0 Å². The maximum absolute atomic E-state index is 6.13. The van der Waals surface area contributed by atoms with Crippen LogP contribution in [0.15, 0.2) is 0 Å². The number of rotatable bonds is 7. The minimum atomic E-state index is 0.276. The van der Waals surface area contributed by atoms with Crippen LogP contribution in [-0.2, 0) is 22.4 Å². The molecule has 0 aromatic carbocycles. The molecule has 5 rings (SSSR count). The smallest absolute Gasteiger partial charge is 0.105 e. The molecule has 1 aromatic heterocycles. The van der Waals surface area contributed by atoms with Crippen LogP contribution in [0.5, 0.6) is 0 Å². The van der Waals surface area contributed by atoms with Crippen LogP contribution in [0, 0.1) is 11.8 Å². The van der Waals surface area contributed by atoms with E-state index in [1.807, 2.05) is 0 Å². The Bertz CT molecular complexity index is 590. The molecule has 1 saturated heterocycles. The first kappa shape index (κ1) is 16.2. The normalized spacial score (nSPS) is 28.2. The van der Waals surface area contributed by atoms with Gasteiger partial charge in [0, 0.05) is 45.4 Å². The van der Waals surface area contributed by atoms with Crippen molar-refractivity contribution in [1.82, 2.24) is 19.9 Å². The summed E-state index contributed by atoms with van der Waals surface area (Å²) in [7, 11) is 0. The maximum Gasteiger partial charge on any atom is 0.105 e. The summed E-state index contributed by atoms with van der Waals surface area (Å²) in [5.41, 5.74) is 2.56. The van der Waals surface area contributed by atoms with Crippen molar-refractivity contribution >= 4 is 0 Å². The molecule has 3 fully saturated rings. The van der Waals surface area contributed by atoms with Gasteiger partial charge in [0.1, 0.15) is 5.69 Å². The summed E-state index contributed by atoms with van der Waals surface area (Å²) < 4.78 is 13.9. The largest absolute Gasteiger partial charge is 0.381 e. The first-order valence-corrected chi connectivity index (χ1v) is 10.2. The van der Waals surface area contributed by atoms with E-state index in [1.54, 1.807) is 0 Å². The number of nitrogens with zero attached hydrogens (tertiary/aromatic N) is 4. The SMILES string of the molecule is C1CC(N2CCc3c(nnn3CC3CC3)C2COCC2CC2)CCO1. The van der Waals surface area contributed by atoms with Crippen LogP contribution in [0.2, 0.25) is 0 Å². The van der Waals surface area contributed by atoms with E-state index in [9.17, 15) is 0 Å². The molecule has 1 atom stereocenters. The molecule has 2 saturated carbocycles. The highest BCUT2D eigenvalue weighted by Gasteiger charge is 2.37. The quantitative estimate of drug-likeness (QED) is 0.757. The highest BCUT2D eigenvalue weighted by molar-refractivity contribution is 5.20. The highest BCUT2D eigenvalue weighted by atomic mass is 16.5. The van der Waals surface area contributed by atoms with Gasteiger partial charge >= 0.3 is 0 Å². The van der Waals surface area contributed by atoms with Crippen LogP contribution in [0.25, 0.3) is 0 Å². The Labute approximate surface area is 149 Å². The van der Waals surface area contributed by atoms with E-state index in [4.69, 9.17) is 9.47 Å². The predicted octanol–water partition coefficient (Wildman–Crippen LogP) is 2.19. The van der Waals surface area contributed by atoms with Crippen molar-refractivity contribution in [3.05, 3.63) is 11.4 Å². The minimum Gasteiger partial charge on any atom is -0.381 e. The van der Waals surface area contributed by atoms with Gasteiger partial charge in [-0.05, 0) is 50.4 Å². The first-order chi connectivity index (χ1) is 12.4. The fourth-order valence-electron chi connectivity index (χ4n) is 4.36. The maximum atomic E-state index is 6.13. The molecule has 1 unspecified atom stereocenters. The fraction of sp³-hybridized carbons (Fsp3) is 0.895. The molecule has 6 heteroatoms. The van der Waals surface area contributed by atoms with Crippen molar-refractivity contribution < 1.29 is 9.47 Å². The monoisotopic (exact) mass is 346 g/mol. The molecular weight excluding hydrogens is 316 g/mol. The number of ether oxygens (including phenoxy) is 2. The third kappa shape index (κ3) is 3.62. The molecule has 2 aliphatic heterocycles. The summed E-state index contributed by atoms with van der Waals surface area (Å²) in [6.45, 7) is 5.63. The van der Waals surface area contributed by atoms with Crippen molar-refractivity contribution in [2.24, 2.45) is 11.8 Å². The van der Waals surface area contributed by atoms with Gasteiger partial charge in [-0.25, -0.2) is 4.68 Å². The predicted molar refractivity (Wildman–Crippen MR) is 93.3 cm³/mol. The van der Waals surface area contributed by atoms with Crippen molar-refractivity contribution in [2.45, 2.75) is 63.6 Å². The lowest BCUT2D eigenvalue weighted by Crippen LogP contribution is -2.47. The third-order valence-electron chi connectivity index (χ3n) is 6.30. The molecule has 138 valence electrons. The summed E-state index contributed by atoms with van der Waals surface area (Å²) in [6.07, 6.45) is 8.74. The van der Waals surface area contributed by atoms with E-state index in [0.29, 0.717) is 6.04 Å². The van der Waals surface area contributed by atoms with Gasteiger partial charge in [0.15, 0.2) is 0 Å². The molecular formula is C19H30N4O2. The number of hydrogen-bond acceptors (Lipinski definition) is 5. The standard InChI is InChI=1S/C19H30N4O2/c1-2-14(1)11-23-17-5-8-22(16-6-9-24-10-7-16)18(19(17)20-21-23)13-25-12-15-3-4-15/h14-16,18H,1-13H2. The molecule has 0 bridgehead atoms. The van der Waals surface area contributed by atoms with Crippen molar-refractivity contribution in [3.63, 3.8) is 0 Å². The topological polar surface area (TPSA) is 52.4 Å². The molecule has 4 aliphatic rings. The molecule has 3 heterocycles. The Hall–Kier alpha value is -0.980. The van der Waals surface area contributed by atoms with E-state index in [1.165, 1.54) is 37.1 Å². The lowest BCUT2D eigenvalue weighted by atomic mass is 9.97. The van der Waals surface area contributed by atoms with Crippen molar-refractivity contribution in [3.8, 4) is 0 Å². The number of hydrogen-bond donors (Lipinski definition) is 0. The number of fused-ring (bicyclic) bond motifs is 1. The van der Waals surface area contributed by atoms with Gasteiger partial charge in [-0.3, -0.25) is 4.90 Å². The Balaban J connectivity index is 1.34. The summed E-state index contributed by atoms with van der Waals surface area (Å²) in [5.74, 6) is 1.65. The Morgan fingerprint density at radius 1 is 1.00 bits per heavy atom. The van der Waals surface area contributed by atoms with E-state index >= 15 is 0 Å². The molecule has 0 radical (unpaired) electrons. The van der Waals surface area contributed by atoms with Crippen LogP contribution in [0.3, 0.4) is 0 Å². The van der Waals surface area contributed by atoms with Gasteiger partial charge in [-0.2, -0.15) is 0 Å². The van der Waals surface area contributed by atoms with Gasteiger partial charge in [0.25, 0.3) is 0 Å². The minimum absolute atomic E-state index is 0.276. The Morgan fingerprint density at radius 2 is 1.80 bits per heavy atom.